The average Bonchev–Trinajstić information content (AvgIpc) is 3.22. The van der Waals surface area contributed by atoms with Crippen molar-refractivity contribution in [3.05, 3.63) is 66.5 Å². The van der Waals surface area contributed by atoms with Crippen LogP contribution in [-0.2, 0) is 0 Å². The Hall–Kier alpha value is -2.24. The van der Waals surface area contributed by atoms with Crippen LogP contribution in [0.25, 0.3) is 28.3 Å². The third kappa shape index (κ3) is 4.60. The van der Waals surface area contributed by atoms with Gasteiger partial charge in [0.1, 0.15) is 0 Å². The second kappa shape index (κ2) is 9.72. The number of hydrogen-bond donors (Lipinski definition) is 0. The normalized spacial score (nSPS) is 14.8. The first-order chi connectivity index (χ1) is 15.7. The maximum Gasteiger partial charge on any atom is 0.235 e. The summed E-state index contributed by atoms with van der Waals surface area (Å²) in [4.78, 5) is 12.2. The topological polar surface area (TPSA) is 30.2 Å². The van der Waals surface area contributed by atoms with Gasteiger partial charge in [0.2, 0.25) is 5.78 Å². The minimum absolute atomic E-state index is 0.750. The van der Waals surface area contributed by atoms with E-state index < -0.39 is 0 Å². The molecule has 0 bridgehead atoms. The molecule has 164 valence electrons. The number of benzene rings is 2. The van der Waals surface area contributed by atoms with Crippen LogP contribution in [0.15, 0.2) is 70.6 Å². The van der Waals surface area contributed by atoms with E-state index in [-0.39, 0.29) is 0 Å². The highest BCUT2D eigenvalue weighted by molar-refractivity contribution is 7.99. The molecule has 0 radical (unpaired) electrons. The van der Waals surface area contributed by atoms with Gasteiger partial charge in [-0.15, -0.1) is 23.5 Å². The third-order valence-corrected chi connectivity index (χ3v) is 8.32. The molecule has 5 heteroatoms. The summed E-state index contributed by atoms with van der Waals surface area (Å²) in [6.45, 7) is 2.01. The molecule has 0 saturated heterocycles. The summed E-state index contributed by atoms with van der Waals surface area (Å²) in [5, 5.41) is 0. The highest BCUT2D eigenvalue weighted by Gasteiger charge is 2.18. The van der Waals surface area contributed by atoms with Crippen molar-refractivity contribution in [3.63, 3.8) is 0 Å². The molecular formula is C27H29N3S2. The van der Waals surface area contributed by atoms with Gasteiger partial charge in [-0.05, 0) is 62.3 Å². The number of fused-ring (bicyclic) bond motifs is 1. The first kappa shape index (κ1) is 21.6. The van der Waals surface area contributed by atoms with Crippen LogP contribution in [0, 0.1) is 12.8 Å². The van der Waals surface area contributed by atoms with Gasteiger partial charge in [0.25, 0.3) is 0 Å². The van der Waals surface area contributed by atoms with Crippen LogP contribution < -0.4 is 0 Å². The largest absolute Gasteiger partial charge is 0.283 e. The van der Waals surface area contributed by atoms with Crippen molar-refractivity contribution in [1.82, 2.24) is 14.4 Å². The van der Waals surface area contributed by atoms with E-state index in [1.807, 2.05) is 24.8 Å². The molecule has 2 aromatic carbocycles. The van der Waals surface area contributed by atoms with E-state index in [0.29, 0.717) is 0 Å². The zero-order valence-corrected chi connectivity index (χ0v) is 20.4. The smallest absolute Gasteiger partial charge is 0.235 e. The number of hydrogen-bond acceptors (Lipinski definition) is 4. The standard InChI is InChI=1S/C27H29N3S2/c1-19-16-17-30-26(25(29-27(30)28-19)21-8-12-23(31-2)13-9-21)22-10-14-24(15-11-22)32-18-20-6-4-3-5-7-20/h8-17,20H,3-7,18H2,1-2H3. The average molecular weight is 460 g/mol. The van der Waals surface area contributed by atoms with Crippen molar-refractivity contribution in [2.24, 2.45) is 5.92 Å². The number of nitrogens with zero attached hydrogens (tertiary/aromatic N) is 3. The molecule has 0 atom stereocenters. The highest BCUT2D eigenvalue weighted by atomic mass is 32.2. The van der Waals surface area contributed by atoms with Gasteiger partial charge in [-0.1, -0.05) is 43.5 Å². The van der Waals surface area contributed by atoms with Crippen molar-refractivity contribution in [1.29, 1.82) is 0 Å². The Bertz CT molecular complexity index is 1190. The number of aryl methyl sites for hydroxylation is 1. The van der Waals surface area contributed by atoms with Crippen LogP contribution in [0.2, 0.25) is 0 Å². The van der Waals surface area contributed by atoms with Gasteiger partial charge in [0, 0.05) is 38.6 Å². The Balaban J connectivity index is 1.48. The lowest BCUT2D eigenvalue weighted by Gasteiger charge is -2.20. The third-order valence-electron chi connectivity index (χ3n) is 6.34. The summed E-state index contributed by atoms with van der Waals surface area (Å²) < 4.78 is 2.12. The van der Waals surface area contributed by atoms with E-state index in [1.54, 1.807) is 11.8 Å². The number of imidazole rings is 1. The Kier molecular flexibility index (Phi) is 6.56. The summed E-state index contributed by atoms with van der Waals surface area (Å²) >= 11 is 3.76. The lowest BCUT2D eigenvalue weighted by Crippen LogP contribution is -2.08. The zero-order chi connectivity index (χ0) is 21.9. The molecule has 1 aliphatic rings. The summed E-state index contributed by atoms with van der Waals surface area (Å²) in [7, 11) is 0. The summed E-state index contributed by atoms with van der Waals surface area (Å²) in [5.41, 5.74) is 5.37. The fraction of sp³-hybridized carbons (Fsp3) is 0.333. The van der Waals surface area contributed by atoms with Crippen molar-refractivity contribution in [3.8, 4) is 22.5 Å². The number of aromatic nitrogens is 3. The van der Waals surface area contributed by atoms with Crippen LogP contribution in [0.3, 0.4) is 0 Å². The Morgan fingerprint density at radius 3 is 2.25 bits per heavy atom. The second-order valence-electron chi connectivity index (χ2n) is 8.62. The predicted octanol–water partition coefficient (Wildman–Crippen LogP) is 7.77. The summed E-state index contributed by atoms with van der Waals surface area (Å²) in [6, 6.07) is 19.7. The molecule has 4 aromatic rings. The Morgan fingerprint density at radius 1 is 0.844 bits per heavy atom. The van der Waals surface area contributed by atoms with Crippen LogP contribution in [0.5, 0.6) is 0 Å². The Morgan fingerprint density at radius 2 is 1.53 bits per heavy atom. The fourth-order valence-corrected chi connectivity index (χ4v) is 6.02. The van der Waals surface area contributed by atoms with Crippen LogP contribution >= 0.6 is 23.5 Å². The lowest BCUT2D eigenvalue weighted by molar-refractivity contribution is 0.391. The van der Waals surface area contributed by atoms with Crippen LogP contribution in [-0.4, -0.2) is 26.4 Å². The second-order valence-corrected chi connectivity index (χ2v) is 10.6. The molecule has 2 heterocycles. The minimum Gasteiger partial charge on any atom is -0.283 e. The van der Waals surface area contributed by atoms with Crippen molar-refractivity contribution < 1.29 is 0 Å². The SMILES string of the molecule is CSc1ccc(-c2nc3nc(C)ccn3c2-c2ccc(SCC3CCCCC3)cc2)cc1. The molecule has 1 fully saturated rings. The zero-order valence-electron chi connectivity index (χ0n) is 18.8. The van der Waals surface area contributed by atoms with Crippen molar-refractivity contribution in [2.45, 2.75) is 48.8 Å². The van der Waals surface area contributed by atoms with Gasteiger partial charge in [-0.2, -0.15) is 0 Å². The van der Waals surface area contributed by atoms with Crippen molar-refractivity contribution in [2.75, 3.05) is 12.0 Å². The van der Waals surface area contributed by atoms with Crippen molar-refractivity contribution >= 4 is 29.3 Å². The molecule has 0 amide bonds. The van der Waals surface area contributed by atoms with Gasteiger partial charge < -0.3 is 0 Å². The van der Waals surface area contributed by atoms with Gasteiger partial charge >= 0.3 is 0 Å². The number of thioether (sulfide) groups is 2. The first-order valence-electron chi connectivity index (χ1n) is 11.4. The van der Waals surface area contributed by atoms with E-state index >= 15 is 0 Å². The molecule has 32 heavy (non-hydrogen) atoms. The van der Waals surface area contributed by atoms with E-state index in [1.165, 1.54) is 53.2 Å². The molecule has 5 rings (SSSR count). The highest BCUT2D eigenvalue weighted by Crippen LogP contribution is 2.35. The first-order valence-corrected chi connectivity index (χ1v) is 13.7. The van der Waals surface area contributed by atoms with Gasteiger partial charge in [0.15, 0.2) is 0 Å². The molecule has 1 saturated carbocycles. The molecule has 0 spiro atoms. The lowest BCUT2D eigenvalue weighted by atomic mass is 9.91. The molecule has 0 unspecified atom stereocenters. The summed E-state index contributed by atoms with van der Waals surface area (Å²) in [6.07, 6.45) is 11.2. The Labute approximate surface area is 199 Å². The van der Waals surface area contributed by atoms with E-state index in [9.17, 15) is 0 Å². The number of rotatable bonds is 6. The van der Waals surface area contributed by atoms with Crippen LogP contribution in [0.1, 0.15) is 37.8 Å². The molecule has 1 aliphatic carbocycles. The van der Waals surface area contributed by atoms with Gasteiger partial charge in [-0.25, -0.2) is 9.97 Å². The van der Waals surface area contributed by atoms with E-state index in [0.717, 1.165) is 34.3 Å². The van der Waals surface area contributed by atoms with Crippen LogP contribution in [0.4, 0.5) is 0 Å². The predicted molar refractivity (Wildman–Crippen MR) is 138 cm³/mol. The van der Waals surface area contributed by atoms with Gasteiger partial charge in [-0.3, -0.25) is 4.40 Å². The fourth-order valence-electron chi connectivity index (χ4n) is 4.52. The minimum atomic E-state index is 0.750. The molecule has 0 aliphatic heterocycles. The molecule has 3 nitrogen and oxygen atoms in total. The summed E-state index contributed by atoms with van der Waals surface area (Å²) in [5.74, 6) is 2.88. The quantitative estimate of drug-likeness (QED) is 0.276. The molecule has 0 N–H and O–H groups in total. The molecular weight excluding hydrogens is 430 g/mol. The van der Waals surface area contributed by atoms with E-state index in [4.69, 9.17) is 4.98 Å². The maximum absolute atomic E-state index is 4.94. The monoisotopic (exact) mass is 459 g/mol. The van der Waals surface area contributed by atoms with E-state index in [2.05, 4.69) is 70.4 Å². The van der Waals surface area contributed by atoms with Gasteiger partial charge in [0.05, 0.1) is 11.4 Å². The maximum atomic E-state index is 4.94. The molecule has 2 aromatic heterocycles.